The molecule has 1 aromatic heterocycles. The normalized spacial score (nSPS) is 11.7. The Labute approximate surface area is 148 Å². The van der Waals surface area contributed by atoms with Gasteiger partial charge in [-0.2, -0.15) is 0 Å². The molecule has 24 heavy (non-hydrogen) atoms. The molecule has 2 aromatic carbocycles. The zero-order chi connectivity index (χ0) is 17.3. The van der Waals surface area contributed by atoms with Crippen LogP contribution in [0.1, 0.15) is 5.76 Å². The maximum Gasteiger partial charge on any atom is 0.313 e. The van der Waals surface area contributed by atoms with Crippen LogP contribution in [-0.2, 0) is 0 Å². The van der Waals surface area contributed by atoms with E-state index in [1.807, 2.05) is 5.48 Å². The molecule has 0 spiro atoms. The molecule has 3 rings (SSSR count). The Hall–Kier alpha value is -2.42. The molecule has 122 valence electrons. The summed E-state index contributed by atoms with van der Waals surface area (Å²) in [6.45, 7) is 0. The van der Waals surface area contributed by atoms with Crippen molar-refractivity contribution in [3.63, 3.8) is 0 Å². The van der Waals surface area contributed by atoms with E-state index in [-0.39, 0.29) is 22.9 Å². The first-order valence-corrected chi connectivity index (χ1v) is 7.77. The SMILES string of the molecule is O=[N+]([O-])c1cc(Br)cc2cc(C(=Nc3cccc(Cl)c3)NO)oc12. The highest BCUT2D eigenvalue weighted by Crippen LogP contribution is 2.32. The third-order valence-electron chi connectivity index (χ3n) is 3.15. The van der Waals surface area contributed by atoms with Crippen molar-refractivity contribution in [3.05, 3.63) is 67.8 Å². The molecule has 0 atom stereocenters. The van der Waals surface area contributed by atoms with Gasteiger partial charge in [0.05, 0.1) is 10.6 Å². The van der Waals surface area contributed by atoms with Crippen molar-refractivity contribution in [2.24, 2.45) is 4.99 Å². The summed E-state index contributed by atoms with van der Waals surface area (Å²) in [5.74, 6) is 0.146. The second-order valence-electron chi connectivity index (χ2n) is 4.76. The molecule has 0 fully saturated rings. The van der Waals surface area contributed by atoms with Crippen molar-refractivity contribution >= 4 is 55.7 Å². The fraction of sp³-hybridized carbons (Fsp3) is 0. The van der Waals surface area contributed by atoms with Gasteiger partial charge >= 0.3 is 5.69 Å². The quantitative estimate of drug-likeness (QED) is 0.279. The Balaban J connectivity index is 2.13. The van der Waals surface area contributed by atoms with E-state index < -0.39 is 4.92 Å². The molecule has 0 saturated heterocycles. The van der Waals surface area contributed by atoms with E-state index in [1.165, 1.54) is 6.07 Å². The lowest BCUT2D eigenvalue weighted by molar-refractivity contribution is -0.383. The average molecular weight is 411 g/mol. The van der Waals surface area contributed by atoms with Crippen LogP contribution in [0.4, 0.5) is 11.4 Å². The molecule has 0 bridgehead atoms. The highest BCUT2D eigenvalue weighted by atomic mass is 79.9. The molecule has 1 heterocycles. The van der Waals surface area contributed by atoms with E-state index in [0.29, 0.717) is 20.6 Å². The number of nitrogens with zero attached hydrogens (tertiary/aromatic N) is 2. The Morgan fingerprint density at radius 3 is 2.79 bits per heavy atom. The highest BCUT2D eigenvalue weighted by Gasteiger charge is 2.20. The summed E-state index contributed by atoms with van der Waals surface area (Å²) >= 11 is 9.12. The molecule has 0 aliphatic heterocycles. The Morgan fingerprint density at radius 2 is 2.12 bits per heavy atom. The summed E-state index contributed by atoms with van der Waals surface area (Å²) < 4.78 is 6.06. The van der Waals surface area contributed by atoms with E-state index in [2.05, 4.69) is 20.9 Å². The fourth-order valence-electron chi connectivity index (χ4n) is 2.16. The Kier molecular flexibility index (Phi) is 4.52. The number of rotatable bonds is 3. The van der Waals surface area contributed by atoms with Crippen molar-refractivity contribution in [2.45, 2.75) is 0 Å². The highest BCUT2D eigenvalue weighted by molar-refractivity contribution is 9.10. The number of hydroxylamine groups is 1. The van der Waals surface area contributed by atoms with Crippen LogP contribution < -0.4 is 5.48 Å². The minimum absolute atomic E-state index is 0.00103. The number of benzene rings is 2. The molecule has 0 radical (unpaired) electrons. The molecular weight excluding hydrogens is 402 g/mol. The van der Waals surface area contributed by atoms with Gasteiger partial charge in [0.1, 0.15) is 0 Å². The fourth-order valence-corrected chi connectivity index (χ4v) is 2.81. The summed E-state index contributed by atoms with van der Waals surface area (Å²) in [6, 6.07) is 11.2. The number of amidine groups is 1. The van der Waals surface area contributed by atoms with E-state index in [4.69, 9.17) is 16.0 Å². The van der Waals surface area contributed by atoms with Crippen LogP contribution in [0.5, 0.6) is 0 Å². The van der Waals surface area contributed by atoms with Gasteiger partial charge in [-0.05, 0) is 30.3 Å². The van der Waals surface area contributed by atoms with Crippen LogP contribution in [-0.4, -0.2) is 16.0 Å². The van der Waals surface area contributed by atoms with Crippen molar-refractivity contribution in [2.75, 3.05) is 0 Å². The summed E-state index contributed by atoms with van der Waals surface area (Å²) in [6.07, 6.45) is 0. The maximum absolute atomic E-state index is 11.2. The second kappa shape index (κ2) is 6.60. The molecule has 0 amide bonds. The van der Waals surface area contributed by atoms with E-state index in [1.54, 1.807) is 36.4 Å². The average Bonchev–Trinajstić information content (AvgIpc) is 2.95. The van der Waals surface area contributed by atoms with Gasteiger partial charge in [0.25, 0.3) is 0 Å². The Morgan fingerprint density at radius 1 is 1.33 bits per heavy atom. The molecular formula is C15H9BrClN3O4. The van der Waals surface area contributed by atoms with Crippen LogP contribution >= 0.6 is 27.5 Å². The first-order valence-electron chi connectivity index (χ1n) is 6.60. The minimum atomic E-state index is -0.541. The molecule has 3 aromatic rings. The maximum atomic E-state index is 11.2. The minimum Gasteiger partial charge on any atom is -0.445 e. The van der Waals surface area contributed by atoms with Crippen LogP contribution in [0.15, 0.2) is 56.3 Å². The molecule has 7 nitrogen and oxygen atoms in total. The van der Waals surface area contributed by atoms with E-state index in [0.717, 1.165) is 0 Å². The first-order chi connectivity index (χ1) is 11.5. The van der Waals surface area contributed by atoms with Gasteiger partial charge in [0.2, 0.25) is 5.58 Å². The molecule has 9 heteroatoms. The third-order valence-corrected chi connectivity index (χ3v) is 3.84. The van der Waals surface area contributed by atoms with Crippen molar-refractivity contribution < 1.29 is 14.5 Å². The number of hydrogen-bond donors (Lipinski definition) is 2. The molecule has 0 aliphatic rings. The number of aliphatic imine (C=N–C) groups is 1. The molecule has 2 N–H and O–H groups in total. The number of nitrogens with one attached hydrogen (secondary N) is 1. The van der Waals surface area contributed by atoms with Gasteiger partial charge in [-0.3, -0.25) is 15.3 Å². The van der Waals surface area contributed by atoms with Gasteiger partial charge in [-0.15, -0.1) is 0 Å². The van der Waals surface area contributed by atoms with Crippen molar-refractivity contribution in [1.82, 2.24) is 5.48 Å². The number of nitro benzene ring substituents is 1. The van der Waals surface area contributed by atoms with E-state index in [9.17, 15) is 15.3 Å². The Bertz CT molecular complexity index is 971. The predicted octanol–water partition coefficient (Wildman–Crippen LogP) is 4.81. The number of halogens is 2. The van der Waals surface area contributed by atoms with Gasteiger partial charge in [0, 0.05) is 20.9 Å². The summed E-state index contributed by atoms with van der Waals surface area (Å²) in [4.78, 5) is 14.8. The number of furan rings is 1. The number of fused-ring (bicyclic) bond motifs is 1. The number of non-ortho nitro benzene ring substituents is 1. The molecule has 0 unspecified atom stereocenters. The standard InChI is InChI=1S/C15H9BrClN3O4/c16-9-4-8-5-13(24-14(8)12(6-9)20(22)23)15(19-21)18-11-3-1-2-10(17)7-11/h1-7,21H,(H,18,19). The molecule has 0 saturated carbocycles. The largest absolute Gasteiger partial charge is 0.445 e. The number of nitro groups is 1. The molecule has 0 aliphatic carbocycles. The van der Waals surface area contributed by atoms with Crippen LogP contribution in [0.3, 0.4) is 0 Å². The van der Waals surface area contributed by atoms with Crippen LogP contribution in [0.2, 0.25) is 5.02 Å². The number of hydrogen-bond acceptors (Lipinski definition) is 5. The summed E-state index contributed by atoms with van der Waals surface area (Å²) in [5.41, 5.74) is 2.32. The smallest absolute Gasteiger partial charge is 0.313 e. The zero-order valence-electron chi connectivity index (χ0n) is 11.9. The zero-order valence-corrected chi connectivity index (χ0v) is 14.2. The monoisotopic (exact) mass is 409 g/mol. The van der Waals surface area contributed by atoms with Gasteiger partial charge in [-0.1, -0.05) is 33.6 Å². The third kappa shape index (κ3) is 3.25. The lowest BCUT2D eigenvalue weighted by atomic mass is 10.2. The summed E-state index contributed by atoms with van der Waals surface area (Å²) in [5, 5.41) is 21.5. The lowest BCUT2D eigenvalue weighted by Gasteiger charge is -2.01. The van der Waals surface area contributed by atoms with Crippen LogP contribution in [0.25, 0.3) is 11.0 Å². The van der Waals surface area contributed by atoms with Crippen molar-refractivity contribution in [3.8, 4) is 0 Å². The van der Waals surface area contributed by atoms with Gasteiger partial charge in [-0.25, -0.2) is 10.5 Å². The first kappa shape index (κ1) is 16.4. The van der Waals surface area contributed by atoms with Gasteiger partial charge < -0.3 is 4.42 Å². The second-order valence-corrected chi connectivity index (χ2v) is 6.12. The van der Waals surface area contributed by atoms with Gasteiger partial charge in [0.15, 0.2) is 11.6 Å². The predicted molar refractivity (Wildman–Crippen MR) is 93.1 cm³/mol. The van der Waals surface area contributed by atoms with E-state index >= 15 is 0 Å². The summed E-state index contributed by atoms with van der Waals surface area (Å²) in [7, 11) is 0. The topological polar surface area (TPSA) is 101 Å². The van der Waals surface area contributed by atoms with Crippen LogP contribution in [0, 0.1) is 10.1 Å². The lowest BCUT2D eigenvalue weighted by Crippen LogP contribution is -2.19. The van der Waals surface area contributed by atoms with Crippen molar-refractivity contribution in [1.29, 1.82) is 0 Å².